The van der Waals surface area contributed by atoms with E-state index in [1.54, 1.807) is 0 Å². The molecule has 0 fully saturated rings. The highest BCUT2D eigenvalue weighted by atomic mass is 127. The number of rotatable bonds is 3. The van der Waals surface area contributed by atoms with Gasteiger partial charge in [-0.25, -0.2) is 4.99 Å². The molecule has 57 heavy (non-hydrogen) atoms. The molecule has 0 bridgehead atoms. The molecule has 3 nitrogen and oxygen atoms in total. The number of benzene rings is 9. The van der Waals surface area contributed by atoms with Gasteiger partial charge >= 0.3 is 0 Å². The van der Waals surface area contributed by atoms with Gasteiger partial charge in [0.1, 0.15) is 15.0 Å². The van der Waals surface area contributed by atoms with Crippen LogP contribution in [0.15, 0.2) is 185 Å². The van der Waals surface area contributed by atoms with Gasteiger partial charge in [-0.15, -0.1) is 11.3 Å². The highest BCUT2D eigenvalue weighted by Gasteiger charge is 2.31. The van der Waals surface area contributed by atoms with Gasteiger partial charge in [0.05, 0.1) is 20.6 Å². The summed E-state index contributed by atoms with van der Waals surface area (Å²) in [6, 6.07) is 64.4. The van der Waals surface area contributed by atoms with Crippen molar-refractivity contribution >= 4 is 126 Å². The molecule has 2 aromatic heterocycles. The Bertz CT molecular complexity index is 3600. The van der Waals surface area contributed by atoms with Gasteiger partial charge in [0.2, 0.25) is 0 Å². The minimum atomic E-state index is -0.797. The van der Waals surface area contributed by atoms with Gasteiger partial charge in [-0.05, 0) is 75.6 Å². The van der Waals surface area contributed by atoms with Gasteiger partial charge in [0.15, 0.2) is 5.76 Å². The third kappa shape index (κ3) is 4.58. The minimum absolute atomic E-state index is 0.797. The number of halogens is 1. The number of aliphatic imine (C=N–C) groups is 1. The van der Waals surface area contributed by atoms with E-state index in [-0.39, 0.29) is 0 Å². The lowest BCUT2D eigenvalue weighted by Crippen LogP contribution is -2.16. The molecule has 0 unspecified atom stereocenters. The predicted octanol–water partition coefficient (Wildman–Crippen LogP) is 15.3. The lowest BCUT2D eigenvalue weighted by molar-refractivity contribution is 0.608. The molecule has 13 rings (SSSR count). The molecule has 11 aromatic rings. The van der Waals surface area contributed by atoms with Crippen LogP contribution in [0.4, 0.5) is 22.7 Å². The maximum Gasteiger partial charge on any atom is 0.167 e. The molecule has 2 aliphatic heterocycles. The Kier molecular flexibility index (Phi) is 6.71. The molecule has 9 aromatic carbocycles. The van der Waals surface area contributed by atoms with Crippen molar-refractivity contribution in [1.29, 1.82) is 0 Å². The number of furan rings is 1. The van der Waals surface area contributed by atoms with Crippen LogP contribution in [0.3, 0.4) is 0 Å². The first-order chi connectivity index (χ1) is 28.3. The fourth-order valence-corrected chi connectivity index (χ4v) is 13.2. The number of nitrogens with zero attached hydrogens (tertiary/aromatic N) is 2. The van der Waals surface area contributed by atoms with Crippen molar-refractivity contribution in [2.45, 2.75) is 0 Å². The number of hydrogen-bond donors (Lipinski definition) is 0. The number of thiophene rings is 1. The van der Waals surface area contributed by atoms with Gasteiger partial charge in [-0.3, -0.25) is 0 Å². The highest BCUT2D eigenvalue weighted by Crippen LogP contribution is 2.54. The SMILES string of the molecule is c1ccc2c(N3c4ccc5ccccc5c4-c4cccc5cccc3c45)cc(C3=Nc4c(oc5ccccc45)C(c4cccc5sc6ccccc6c45)=I3)cc2c1. The molecule has 266 valence electrons. The Morgan fingerprint density at radius 2 is 1.19 bits per heavy atom. The quantitative estimate of drug-likeness (QED) is 0.166. The minimum Gasteiger partial charge on any atom is -0.453 e. The van der Waals surface area contributed by atoms with Crippen LogP contribution in [0.5, 0.6) is 0 Å². The van der Waals surface area contributed by atoms with E-state index in [0.717, 1.165) is 37.4 Å². The Morgan fingerprint density at radius 1 is 0.491 bits per heavy atom. The fraction of sp³-hybridized carbons (Fsp3) is 0. The van der Waals surface area contributed by atoms with Crippen LogP contribution in [-0.4, -0.2) is 7.23 Å². The molecule has 0 radical (unpaired) electrons. The summed E-state index contributed by atoms with van der Waals surface area (Å²) in [5, 5.41) is 11.1. The maximum absolute atomic E-state index is 6.79. The summed E-state index contributed by atoms with van der Waals surface area (Å²) in [5.41, 5.74) is 10.3. The first-order valence-corrected chi connectivity index (χ1v) is 22.1. The normalized spacial score (nSPS) is 13.6. The van der Waals surface area contributed by atoms with Gasteiger partial charge < -0.3 is 9.32 Å². The van der Waals surface area contributed by atoms with Crippen molar-refractivity contribution in [2.24, 2.45) is 4.99 Å². The number of hydrogen-bond acceptors (Lipinski definition) is 4. The zero-order valence-corrected chi connectivity index (χ0v) is 33.3. The topological polar surface area (TPSA) is 28.7 Å². The van der Waals surface area contributed by atoms with Crippen LogP contribution in [0.1, 0.15) is 16.9 Å². The zero-order valence-electron chi connectivity index (χ0n) is 30.3. The van der Waals surface area contributed by atoms with Crippen molar-refractivity contribution in [2.75, 3.05) is 4.90 Å². The van der Waals surface area contributed by atoms with Crippen molar-refractivity contribution in [3.05, 3.63) is 193 Å². The van der Waals surface area contributed by atoms with Crippen molar-refractivity contribution < 1.29 is 4.42 Å². The molecule has 4 heterocycles. The smallest absolute Gasteiger partial charge is 0.167 e. The van der Waals surface area contributed by atoms with Crippen LogP contribution in [0.25, 0.3) is 74.6 Å². The number of anilines is 3. The lowest BCUT2D eigenvalue weighted by Gasteiger charge is -2.35. The van der Waals surface area contributed by atoms with Gasteiger partial charge in [0, 0.05) is 53.0 Å². The standard InChI is InChI=1S/C52H29IN2OS/c1-4-17-35-30(12-1)26-27-41-47(35)38-20-9-14-31-15-10-22-40(46(31)38)55(41)42-29-33(28-32-13-2-3-16-34(32)42)52-53-49(51-50(54-52)36-18-5-7-23-43(36)56-51)39-21-11-25-45-48(39)37-19-6-8-24-44(37)57-45/h1-29H. The third-order valence-corrected chi connectivity index (χ3v) is 15.8. The van der Waals surface area contributed by atoms with Crippen molar-refractivity contribution in [3.8, 4) is 11.1 Å². The Hall–Kier alpha value is -6.41. The van der Waals surface area contributed by atoms with Crippen LogP contribution in [-0.2, 0) is 0 Å². The number of fused-ring (bicyclic) bond motifs is 11. The largest absolute Gasteiger partial charge is 0.453 e. The predicted molar refractivity (Wildman–Crippen MR) is 252 cm³/mol. The van der Waals surface area contributed by atoms with E-state index in [1.165, 1.54) is 84.1 Å². The summed E-state index contributed by atoms with van der Waals surface area (Å²) >= 11 is 1.07. The average molecular weight is 857 g/mol. The van der Waals surface area contributed by atoms with Crippen LogP contribution < -0.4 is 4.90 Å². The van der Waals surface area contributed by atoms with E-state index in [2.05, 4.69) is 181 Å². The maximum atomic E-state index is 6.79. The average Bonchev–Trinajstić information content (AvgIpc) is 3.85. The summed E-state index contributed by atoms with van der Waals surface area (Å²) in [4.78, 5) is 8.12. The highest BCUT2D eigenvalue weighted by molar-refractivity contribution is 14.2. The molecular weight excluding hydrogens is 828 g/mol. The van der Waals surface area contributed by atoms with E-state index < -0.39 is 20.7 Å². The lowest BCUT2D eigenvalue weighted by atomic mass is 9.87. The van der Waals surface area contributed by atoms with E-state index in [4.69, 9.17) is 9.41 Å². The zero-order chi connectivity index (χ0) is 37.2. The van der Waals surface area contributed by atoms with E-state index in [9.17, 15) is 0 Å². The molecule has 0 saturated carbocycles. The van der Waals surface area contributed by atoms with E-state index in [1.807, 2.05) is 11.3 Å². The van der Waals surface area contributed by atoms with Crippen LogP contribution in [0.2, 0.25) is 0 Å². The van der Waals surface area contributed by atoms with Crippen LogP contribution in [0, 0.1) is 0 Å². The molecule has 2 aliphatic rings. The third-order valence-electron chi connectivity index (χ3n) is 11.7. The summed E-state index contributed by atoms with van der Waals surface area (Å²) < 4.78 is 11.8. The summed E-state index contributed by atoms with van der Waals surface area (Å²) in [6.45, 7) is 0. The first kappa shape index (κ1) is 31.8. The molecule has 0 amide bonds. The van der Waals surface area contributed by atoms with Gasteiger partial charge in [-0.2, -0.15) is 0 Å². The molecule has 0 aliphatic carbocycles. The van der Waals surface area contributed by atoms with Crippen molar-refractivity contribution in [3.63, 3.8) is 0 Å². The molecule has 5 heteroatoms. The Labute approximate surface area is 341 Å². The van der Waals surface area contributed by atoms with Gasteiger partial charge in [0.25, 0.3) is 0 Å². The summed E-state index contributed by atoms with van der Waals surface area (Å²) in [7, 11) is 0. The van der Waals surface area contributed by atoms with E-state index in [0.29, 0.717) is 0 Å². The second-order valence-electron chi connectivity index (χ2n) is 14.8. The summed E-state index contributed by atoms with van der Waals surface area (Å²) in [5.74, 6) is 0.914. The first-order valence-electron chi connectivity index (χ1n) is 19.2. The Morgan fingerprint density at radius 3 is 2.11 bits per heavy atom. The Balaban J connectivity index is 1.11. The van der Waals surface area contributed by atoms with Crippen molar-refractivity contribution in [1.82, 2.24) is 0 Å². The fourth-order valence-electron chi connectivity index (χ4n) is 9.22. The second-order valence-corrected chi connectivity index (χ2v) is 18.5. The molecule has 0 N–H and O–H groups in total. The molecule has 0 atom stereocenters. The van der Waals surface area contributed by atoms with E-state index >= 15 is 0 Å². The molecular formula is C52H29IN2OS. The monoisotopic (exact) mass is 856 g/mol. The molecule has 0 saturated heterocycles. The van der Waals surface area contributed by atoms with Gasteiger partial charge in [-0.1, -0.05) is 148 Å². The number of para-hydroxylation sites is 1. The second kappa shape index (κ2) is 12.0. The summed E-state index contributed by atoms with van der Waals surface area (Å²) in [6.07, 6.45) is 0. The van der Waals surface area contributed by atoms with Crippen LogP contribution >= 0.6 is 32.1 Å². The molecule has 0 spiro atoms.